The maximum Gasteiger partial charge on any atom is 0.332 e. The number of aryl methyl sites for hydroxylation is 2. The standard InChI is InChI=1S/C12H12FN5O2/c13-8-4-2-1-3-7(8)5-6-9-10(18(19)20)11(14)17-12(15)16-9/h1-4H,5-6H2,(H4,14,15,16,17). The van der Waals surface area contributed by atoms with Crippen LogP contribution >= 0.6 is 0 Å². The van der Waals surface area contributed by atoms with E-state index in [2.05, 4.69) is 9.97 Å². The number of halogens is 1. The van der Waals surface area contributed by atoms with Crippen molar-refractivity contribution < 1.29 is 9.31 Å². The molecule has 2 rings (SSSR count). The van der Waals surface area contributed by atoms with Crippen molar-refractivity contribution >= 4 is 17.5 Å². The third-order valence-corrected chi connectivity index (χ3v) is 2.77. The summed E-state index contributed by atoms with van der Waals surface area (Å²) < 4.78 is 13.5. The Labute approximate surface area is 113 Å². The van der Waals surface area contributed by atoms with Crippen LogP contribution in [0.25, 0.3) is 0 Å². The van der Waals surface area contributed by atoms with E-state index in [0.717, 1.165) is 0 Å². The highest BCUT2D eigenvalue weighted by Gasteiger charge is 2.22. The summed E-state index contributed by atoms with van der Waals surface area (Å²) in [5.74, 6) is -0.798. The molecular formula is C12H12FN5O2. The average molecular weight is 277 g/mol. The van der Waals surface area contributed by atoms with Crippen molar-refractivity contribution in [1.82, 2.24) is 9.97 Å². The van der Waals surface area contributed by atoms with Gasteiger partial charge in [-0.3, -0.25) is 10.1 Å². The number of rotatable bonds is 4. The van der Waals surface area contributed by atoms with Gasteiger partial charge in [0.1, 0.15) is 11.5 Å². The quantitative estimate of drug-likeness (QED) is 0.644. The van der Waals surface area contributed by atoms with Crippen molar-refractivity contribution in [2.75, 3.05) is 11.5 Å². The molecule has 0 spiro atoms. The Morgan fingerprint density at radius 3 is 2.55 bits per heavy atom. The fourth-order valence-corrected chi connectivity index (χ4v) is 1.87. The summed E-state index contributed by atoms with van der Waals surface area (Å²) in [7, 11) is 0. The van der Waals surface area contributed by atoms with Crippen LogP contribution in [-0.4, -0.2) is 14.9 Å². The van der Waals surface area contributed by atoms with Crippen molar-refractivity contribution in [1.29, 1.82) is 0 Å². The van der Waals surface area contributed by atoms with Gasteiger partial charge < -0.3 is 11.5 Å². The number of nitrogens with zero attached hydrogens (tertiary/aromatic N) is 3. The lowest BCUT2D eigenvalue weighted by atomic mass is 10.1. The summed E-state index contributed by atoms with van der Waals surface area (Å²) in [6.07, 6.45) is 0.400. The summed E-state index contributed by atoms with van der Waals surface area (Å²) in [5.41, 5.74) is 11.1. The molecular weight excluding hydrogens is 265 g/mol. The first kappa shape index (κ1) is 13.7. The molecule has 0 amide bonds. The Balaban J connectivity index is 2.30. The van der Waals surface area contributed by atoms with Gasteiger partial charge in [-0.25, -0.2) is 9.37 Å². The molecule has 4 N–H and O–H groups in total. The van der Waals surface area contributed by atoms with Crippen LogP contribution in [0.4, 0.5) is 21.8 Å². The van der Waals surface area contributed by atoms with Gasteiger partial charge in [-0.15, -0.1) is 0 Å². The molecule has 0 atom stereocenters. The first-order chi connectivity index (χ1) is 9.49. The zero-order valence-electron chi connectivity index (χ0n) is 10.4. The molecule has 0 aliphatic carbocycles. The van der Waals surface area contributed by atoms with Gasteiger partial charge in [-0.1, -0.05) is 18.2 Å². The first-order valence-electron chi connectivity index (χ1n) is 5.78. The number of nitrogen functional groups attached to an aromatic ring is 2. The van der Waals surface area contributed by atoms with Crippen LogP contribution in [0.3, 0.4) is 0 Å². The van der Waals surface area contributed by atoms with E-state index >= 15 is 0 Å². The van der Waals surface area contributed by atoms with Crippen LogP contribution in [0.1, 0.15) is 11.3 Å². The van der Waals surface area contributed by atoms with Gasteiger partial charge in [-0.05, 0) is 18.1 Å². The SMILES string of the molecule is Nc1nc(N)c([N+](=O)[O-])c(CCc2ccccc2F)n1. The highest BCUT2D eigenvalue weighted by atomic mass is 19.1. The predicted octanol–water partition coefficient (Wildman–Crippen LogP) is 1.47. The molecule has 8 heteroatoms. The molecule has 104 valence electrons. The Bertz CT molecular complexity index is 662. The number of anilines is 2. The lowest BCUT2D eigenvalue weighted by Gasteiger charge is -2.06. The zero-order chi connectivity index (χ0) is 14.7. The third kappa shape index (κ3) is 2.79. The minimum atomic E-state index is -0.661. The summed E-state index contributed by atoms with van der Waals surface area (Å²) >= 11 is 0. The van der Waals surface area contributed by atoms with Gasteiger partial charge in [0.15, 0.2) is 0 Å². The van der Waals surface area contributed by atoms with Crippen molar-refractivity contribution in [2.45, 2.75) is 12.8 Å². The van der Waals surface area contributed by atoms with Crippen LogP contribution in [-0.2, 0) is 12.8 Å². The Morgan fingerprint density at radius 1 is 1.20 bits per heavy atom. The second-order valence-electron chi connectivity index (χ2n) is 4.11. The third-order valence-electron chi connectivity index (χ3n) is 2.77. The van der Waals surface area contributed by atoms with Gasteiger partial charge in [0.05, 0.1) is 4.92 Å². The predicted molar refractivity (Wildman–Crippen MR) is 71.3 cm³/mol. The van der Waals surface area contributed by atoms with E-state index in [9.17, 15) is 14.5 Å². The fourth-order valence-electron chi connectivity index (χ4n) is 1.87. The van der Waals surface area contributed by atoms with Crippen molar-refractivity contribution in [3.63, 3.8) is 0 Å². The molecule has 0 aliphatic rings. The molecule has 20 heavy (non-hydrogen) atoms. The molecule has 0 saturated heterocycles. The van der Waals surface area contributed by atoms with Gasteiger partial charge >= 0.3 is 5.69 Å². The van der Waals surface area contributed by atoms with E-state index in [1.165, 1.54) is 6.07 Å². The molecule has 7 nitrogen and oxygen atoms in total. The summed E-state index contributed by atoms with van der Waals surface area (Å²) in [6.45, 7) is 0. The van der Waals surface area contributed by atoms with Crippen LogP contribution in [0, 0.1) is 15.9 Å². The molecule has 0 fully saturated rings. The zero-order valence-corrected chi connectivity index (χ0v) is 10.4. The van der Waals surface area contributed by atoms with Crippen LogP contribution in [0.2, 0.25) is 0 Å². The second kappa shape index (κ2) is 5.47. The van der Waals surface area contributed by atoms with Gasteiger partial charge in [0.2, 0.25) is 11.8 Å². The number of nitrogens with two attached hydrogens (primary N) is 2. The molecule has 0 bridgehead atoms. The van der Waals surface area contributed by atoms with Crippen LogP contribution in [0.5, 0.6) is 0 Å². The molecule has 1 aromatic carbocycles. The Kier molecular flexibility index (Phi) is 3.74. The minimum Gasteiger partial charge on any atom is -0.378 e. The molecule has 2 aromatic rings. The van der Waals surface area contributed by atoms with E-state index in [1.807, 2.05) is 0 Å². The normalized spacial score (nSPS) is 10.4. The van der Waals surface area contributed by atoms with Crippen molar-refractivity contribution in [2.24, 2.45) is 0 Å². The maximum absolute atomic E-state index is 13.5. The maximum atomic E-state index is 13.5. The molecule has 0 saturated carbocycles. The lowest BCUT2D eigenvalue weighted by molar-refractivity contribution is -0.385. The monoisotopic (exact) mass is 277 g/mol. The minimum absolute atomic E-state index is 0.100. The van der Waals surface area contributed by atoms with Gasteiger partial charge in [0, 0.05) is 6.42 Å². The number of hydrogen-bond acceptors (Lipinski definition) is 6. The summed E-state index contributed by atoms with van der Waals surface area (Å²) in [6, 6.07) is 6.19. The fraction of sp³-hybridized carbons (Fsp3) is 0.167. The first-order valence-corrected chi connectivity index (χ1v) is 5.78. The summed E-state index contributed by atoms with van der Waals surface area (Å²) in [4.78, 5) is 17.7. The van der Waals surface area contributed by atoms with E-state index in [4.69, 9.17) is 11.5 Å². The second-order valence-corrected chi connectivity index (χ2v) is 4.11. The molecule has 0 aliphatic heterocycles. The molecule has 0 unspecified atom stereocenters. The average Bonchev–Trinajstić information content (AvgIpc) is 2.36. The van der Waals surface area contributed by atoms with Gasteiger partial charge in [-0.2, -0.15) is 4.98 Å². The van der Waals surface area contributed by atoms with E-state index < -0.39 is 4.92 Å². The topological polar surface area (TPSA) is 121 Å². The Morgan fingerprint density at radius 2 is 1.90 bits per heavy atom. The van der Waals surface area contributed by atoms with Crippen LogP contribution in [0.15, 0.2) is 24.3 Å². The number of nitro groups is 1. The smallest absolute Gasteiger partial charge is 0.332 e. The lowest BCUT2D eigenvalue weighted by Crippen LogP contribution is -2.09. The van der Waals surface area contributed by atoms with E-state index in [-0.39, 0.29) is 41.8 Å². The Hall–Kier alpha value is -2.77. The summed E-state index contributed by atoms with van der Waals surface area (Å²) in [5, 5.41) is 11.0. The molecule has 0 radical (unpaired) electrons. The number of benzene rings is 1. The largest absolute Gasteiger partial charge is 0.378 e. The van der Waals surface area contributed by atoms with Crippen LogP contribution < -0.4 is 11.5 Å². The molecule has 1 aromatic heterocycles. The van der Waals surface area contributed by atoms with Gasteiger partial charge in [0.25, 0.3) is 0 Å². The highest BCUT2D eigenvalue weighted by Crippen LogP contribution is 2.25. The van der Waals surface area contributed by atoms with E-state index in [1.54, 1.807) is 18.2 Å². The number of hydrogen-bond donors (Lipinski definition) is 2. The molecule has 1 heterocycles. The van der Waals surface area contributed by atoms with E-state index in [0.29, 0.717) is 5.56 Å². The highest BCUT2D eigenvalue weighted by molar-refractivity contribution is 5.57. The van der Waals surface area contributed by atoms with Crippen molar-refractivity contribution in [3.05, 3.63) is 51.5 Å². The van der Waals surface area contributed by atoms with Crippen molar-refractivity contribution in [3.8, 4) is 0 Å². The number of aromatic nitrogens is 2.